The molecule has 4 aromatic rings. The summed E-state index contributed by atoms with van der Waals surface area (Å²) >= 11 is 13.9. The van der Waals surface area contributed by atoms with Gasteiger partial charge in [-0.25, -0.2) is 4.98 Å². The molecule has 10 nitrogen and oxygen atoms in total. The number of fused-ring (bicyclic) bond motifs is 1. The second-order valence-corrected chi connectivity index (χ2v) is 12.8. The number of benzene rings is 2. The smallest absolute Gasteiger partial charge is 0.291 e. The number of halogens is 3. The van der Waals surface area contributed by atoms with Crippen LogP contribution in [-0.2, 0) is 31.4 Å². The third-order valence-electron chi connectivity index (χ3n) is 8.92. The van der Waals surface area contributed by atoms with Gasteiger partial charge >= 0.3 is 0 Å². The molecule has 6 rings (SSSR count). The number of methoxy groups -OCH3 is 1. The summed E-state index contributed by atoms with van der Waals surface area (Å²) in [6.45, 7) is 2.98. The molecule has 0 radical (unpaired) electrons. The molecule has 1 saturated heterocycles. The molecule has 2 aliphatic rings. The van der Waals surface area contributed by atoms with Crippen molar-refractivity contribution < 1.29 is 18.7 Å². The SMILES string of the molecule is COc1cc(-c2nccc(-c3cccc(NC(=O)c4nc5c(n4C)CN(CCCF)CC5)c3Cl)c2Cl)ccc1CNC[C@H]1CCC(=O)N1. The summed E-state index contributed by atoms with van der Waals surface area (Å²) < 4.78 is 20.2. The Labute approximate surface area is 289 Å². The van der Waals surface area contributed by atoms with Gasteiger partial charge in [-0.1, -0.05) is 47.5 Å². The highest BCUT2D eigenvalue weighted by molar-refractivity contribution is 6.39. The fourth-order valence-electron chi connectivity index (χ4n) is 6.34. The van der Waals surface area contributed by atoms with Crippen LogP contribution < -0.4 is 20.7 Å². The van der Waals surface area contributed by atoms with Gasteiger partial charge in [0, 0.05) is 87.1 Å². The summed E-state index contributed by atoms with van der Waals surface area (Å²) in [6.07, 6.45) is 4.26. The van der Waals surface area contributed by atoms with Crippen LogP contribution in [0.5, 0.6) is 5.75 Å². The minimum Gasteiger partial charge on any atom is -0.496 e. The van der Waals surface area contributed by atoms with Gasteiger partial charge in [-0.3, -0.25) is 23.9 Å². The largest absolute Gasteiger partial charge is 0.496 e. The lowest BCUT2D eigenvalue weighted by atomic mass is 10.0. The summed E-state index contributed by atoms with van der Waals surface area (Å²) in [7, 11) is 3.44. The average Bonchev–Trinajstić information content (AvgIpc) is 3.66. The van der Waals surface area contributed by atoms with E-state index in [1.54, 1.807) is 36.1 Å². The summed E-state index contributed by atoms with van der Waals surface area (Å²) in [5, 5.41) is 10.0. The van der Waals surface area contributed by atoms with Gasteiger partial charge in [0.25, 0.3) is 5.91 Å². The predicted molar refractivity (Wildman–Crippen MR) is 185 cm³/mol. The number of amides is 2. The molecular formula is C35H38Cl2FN7O3. The Bertz CT molecular complexity index is 1830. The molecule has 252 valence electrons. The van der Waals surface area contributed by atoms with E-state index in [-0.39, 0.29) is 30.4 Å². The zero-order chi connectivity index (χ0) is 33.8. The maximum atomic E-state index is 13.5. The van der Waals surface area contributed by atoms with Gasteiger partial charge < -0.3 is 25.3 Å². The van der Waals surface area contributed by atoms with Crippen LogP contribution in [0.15, 0.2) is 48.7 Å². The molecule has 48 heavy (non-hydrogen) atoms. The van der Waals surface area contributed by atoms with Gasteiger partial charge in [-0.05, 0) is 31.0 Å². The van der Waals surface area contributed by atoms with Crippen molar-refractivity contribution in [3.05, 3.63) is 81.5 Å². The fourth-order valence-corrected chi connectivity index (χ4v) is 6.93. The summed E-state index contributed by atoms with van der Waals surface area (Å²) in [4.78, 5) is 36.3. The van der Waals surface area contributed by atoms with Crippen molar-refractivity contribution in [2.45, 2.75) is 44.8 Å². The Balaban J connectivity index is 1.19. The lowest BCUT2D eigenvalue weighted by Crippen LogP contribution is -2.35. The molecule has 1 atom stereocenters. The van der Waals surface area contributed by atoms with Crippen molar-refractivity contribution in [2.24, 2.45) is 7.05 Å². The molecule has 1 fully saturated rings. The molecule has 2 aromatic carbocycles. The highest BCUT2D eigenvalue weighted by atomic mass is 35.5. The number of hydrogen-bond acceptors (Lipinski definition) is 7. The van der Waals surface area contributed by atoms with Crippen molar-refractivity contribution in [2.75, 3.05) is 38.7 Å². The molecule has 0 bridgehead atoms. The van der Waals surface area contributed by atoms with E-state index in [1.807, 2.05) is 31.3 Å². The Morgan fingerprint density at radius 3 is 2.75 bits per heavy atom. The minimum absolute atomic E-state index is 0.0936. The number of alkyl halides is 1. The fraction of sp³-hybridized carbons (Fsp3) is 0.371. The second kappa shape index (κ2) is 15.0. The topological polar surface area (TPSA) is 113 Å². The lowest BCUT2D eigenvalue weighted by Gasteiger charge is -2.26. The number of carbonyl (C=O) groups excluding carboxylic acids is 2. The quantitative estimate of drug-likeness (QED) is 0.172. The molecule has 0 spiro atoms. The number of anilines is 1. The average molecular weight is 695 g/mol. The number of aromatic nitrogens is 3. The first-order chi connectivity index (χ1) is 23.3. The van der Waals surface area contributed by atoms with Crippen LogP contribution in [0.25, 0.3) is 22.4 Å². The number of rotatable bonds is 12. The first-order valence-electron chi connectivity index (χ1n) is 16.0. The Morgan fingerprint density at radius 1 is 1.15 bits per heavy atom. The molecule has 2 amide bonds. The van der Waals surface area contributed by atoms with Crippen molar-refractivity contribution in [3.63, 3.8) is 0 Å². The number of nitrogens with zero attached hydrogens (tertiary/aromatic N) is 4. The maximum absolute atomic E-state index is 13.5. The highest BCUT2D eigenvalue weighted by Gasteiger charge is 2.26. The highest BCUT2D eigenvalue weighted by Crippen LogP contribution is 2.41. The molecule has 0 saturated carbocycles. The molecule has 4 heterocycles. The molecule has 0 unspecified atom stereocenters. The summed E-state index contributed by atoms with van der Waals surface area (Å²) in [5.41, 5.74) is 5.86. The van der Waals surface area contributed by atoms with E-state index in [0.29, 0.717) is 83.7 Å². The van der Waals surface area contributed by atoms with Crippen LogP contribution in [-0.4, -0.2) is 70.7 Å². The zero-order valence-electron chi connectivity index (χ0n) is 26.9. The number of imidazole rings is 1. The third-order valence-corrected chi connectivity index (χ3v) is 9.71. The van der Waals surface area contributed by atoms with Crippen LogP contribution >= 0.6 is 23.2 Å². The van der Waals surface area contributed by atoms with Crippen LogP contribution in [0, 0.1) is 0 Å². The Kier molecular flexibility index (Phi) is 10.6. The van der Waals surface area contributed by atoms with Gasteiger partial charge in [0.05, 0.1) is 46.6 Å². The zero-order valence-corrected chi connectivity index (χ0v) is 28.4. The number of carbonyl (C=O) groups is 2. The maximum Gasteiger partial charge on any atom is 0.291 e. The van der Waals surface area contributed by atoms with Crippen molar-refractivity contribution >= 4 is 40.7 Å². The van der Waals surface area contributed by atoms with E-state index in [0.717, 1.165) is 35.5 Å². The van der Waals surface area contributed by atoms with Gasteiger partial charge in [0.1, 0.15) is 5.75 Å². The van der Waals surface area contributed by atoms with Crippen molar-refractivity contribution in [3.8, 4) is 28.1 Å². The molecule has 2 aromatic heterocycles. The standard InChI is InChI=1S/C35H38Cl2FN7O3/c1-44-28-20-45(15-4-13-38)16-12-26(28)42-34(44)35(47)43-27-6-3-5-24(31(27)36)25-11-14-40-33(32(25)37)21-7-8-22(29(17-21)48-2)18-39-19-23-9-10-30(46)41-23/h3,5-8,11,14,17,23,39H,4,9-10,12-13,15-16,18-20H2,1-2H3,(H,41,46)(H,43,47)/t23-/m1/s1. The van der Waals surface area contributed by atoms with E-state index >= 15 is 0 Å². The molecular weight excluding hydrogens is 656 g/mol. The van der Waals surface area contributed by atoms with Gasteiger partial charge in [0.2, 0.25) is 5.91 Å². The second-order valence-electron chi connectivity index (χ2n) is 12.1. The normalized spacial score (nSPS) is 16.1. The van der Waals surface area contributed by atoms with E-state index < -0.39 is 0 Å². The Morgan fingerprint density at radius 2 is 1.98 bits per heavy atom. The van der Waals surface area contributed by atoms with Crippen molar-refractivity contribution in [1.82, 2.24) is 30.1 Å². The van der Waals surface area contributed by atoms with Gasteiger partial charge in [-0.2, -0.15) is 0 Å². The third kappa shape index (κ3) is 7.19. The van der Waals surface area contributed by atoms with Gasteiger partial charge in [-0.15, -0.1) is 0 Å². The number of hydrogen-bond donors (Lipinski definition) is 3. The molecule has 0 aliphatic carbocycles. The summed E-state index contributed by atoms with van der Waals surface area (Å²) in [5.74, 6) is 0.689. The van der Waals surface area contributed by atoms with Crippen molar-refractivity contribution in [1.29, 1.82) is 0 Å². The molecule has 3 N–H and O–H groups in total. The van der Waals surface area contributed by atoms with Gasteiger partial charge in [0.15, 0.2) is 5.82 Å². The van der Waals surface area contributed by atoms with E-state index in [9.17, 15) is 14.0 Å². The monoisotopic (exact) mass is 693 g/mol. The van der Waals surface area contributed by atoms with E-state index in [4.69, 9.17) is 27.9 Å². The van der Waals surface area contributed by atoms with Crippen LogP contribution in [0.4, 0.5) is 10.1 Å². The minimum atomic E-state index is -0.377. The number of pyridine rings is 1. The summed E-state index contributed by atoms with van der Waals surface area (Å²) in [6, 6.07) is 13.1. The van der Waals surface area contributed by atoms with E-state index in [2.05, 4.69) is 30.8 Å². The molecule has 2 aliphatic heterocycles. The lowest BCUT2D eigenvalue weighted by molar-refractivity contribution is -0.119. The number of ether oxygens (including phenoxy) is 1. The first kappa shape index (κ1) is 33.9. The number of nitrogens with one attached hydrogen (secondary N) is 3. The van der Waals surface area contributed by atoms with Crippen LogP contribution in [0.3, 0.4) is 0 Å². The predicted octanol–water partition coefficient (Wildman–Crippen LogP) is 5.80. The van der Waals surface area contributed by atoms with Crippen LogP contribution in [0.2, 0.25) is 10.0 Å². The van der Waals surface area contributed by atoms with Crippen LogP contribution in [0.1, 0.15) is 46.8 Å². The molecule has 13 heteroatoms. The van der Waals surface area contributed by atoms with E-state index in [1.165, 1.54) is 0 Å². The Hall–Kier alpha value is -4.03. The first-order valence-corrected chi connectivity index (χ1v) is 16.8.